The second-order valence-corrected chi connectivity index (χ2v) is 3.65. The molecule has 1 N–H and O–H groups in total. The van der Waals surface area contributed by atoms with Gasteiger partial charge in [-0.2, -0.15) is 0 Å². The van der Waals surface area contributed by atoms with Crippen LogP contribution in [-0.2, 0) is 4.74 Å². The molecule has 3 nitrogen and oxygen atoms in total. The minimum Gasteiger partial charge on any atom is -0.353 e. The van der Waals surface area contributed by atoms with Crippen LogP contribution in [0.1, 0.15) is 24.6 Å². The quantitative estimate of drug-likeness (QED) is 0.654. The van der Waals surface area contributed by atoms with Gasteiger partial charge in [0, 0.05) is 6.20 Å². The Kier molecular flexibility index (Phi) is 1.60. The highest BCUT2D eigenvalue weighted by Gasteiger charge is 2.44. The first kappa shape index (κ1) is 7.47. The zero-order valence-corrected chi connectivity index (χ0v) is 7.31. The number of hydrogen-bond donors (Lipinski definition) is 1. The Bertz CT molecular complexity index is 301. The fourth-order valence-corrected chi connectivity index (χ4v) is 1.94. The molecule has 1 aromatic rings. The minimum atomic E-state index is 0.306. The Hall–Kier alpha value is -0.930. The molecule has 3 rings (SSSR count). The molecule has 2 aliphatic rings. The standard InChI is InChI=1S/C10H12N2O/c1-2-6-11-7(3-1)8-4-5-9-10(12-8)13-9/h1-3,6,8-10,12H,4-5H2. The van der Waals surface area contributed by atoms with E-state index in [1.54, 1.807) is 0 Å². The van der Waals surface area contributed by atoms with E-state index < -0.39 is 0 Å². The molecule has 0 spiro atoms. The van der Waals surface area contributed by atoms with Gasteiger partial charge in [0.25, 0.3) is 0 Å². The number of ether oxygens (including phenoxy) is 1. The van der Waals surface area contributed by atoms with Crippen molar-refractivity contribution < 1.29 is 4.74 Å². The molecule has 0 bridgehead atoms. The zero-order valence-electron chi connectivity index (χ0n) is 7.31. The van der Waals surface area contributed by atoms with Crippen LogP contribution in [0, 0.1) is 0 Å². The summed E-state index contributed by atoms with van der Waals surface area (Å²) in [5, 5.41) is 3.42. The van der Waals surface area contributed by atoms with Gasteiger partial charge in [-0.05, 0) is 25.0 Å². The van der Waals surface area contributed by atoms with Crippen molar-refractivity contribution in [2.24, 2.45) is 0 Å². The zero-order chi connectivity index (χ0) is 8.67. The van der Waals surface area contributed by atoms with Crippen molar-refractivity contribution in [3.05, 3.63) is 30.1 Å². The molecule has 3 heteroatoms. The summed E-state index contributed by atoms with van der Waals surface area (Å²) in [7, 11) is 0. The average molecular weight is 176 g/mol. The van der Waals surface area contributed by atoms with Crippen molar-refractivity contribution in [1.29, 1.82) is 0 Å². The number of hydrogen-bond acceptors (Lipinski definition) is 3. The van der Waals surface area contributed by atoms with Crippen molar-refractivity contribution in [3.8, 4) is 0 Å². The van der Waals surface area contributed by atoms with E-state index in [0.717, 1.165) is 12.1 Å². The van der Waals surface area contributed by atoms with Crippen LogP contribution in [0.15, 0.2) is 24.4 Å². The second kappa shape index (κ2) is 2.79. The summed E-state index contributed by atoms with van der Waals surface area (Å²) < 4.78 is 5.39. The lowest BCUT2D eigenvalue weighted by atomic mass is 10.0. The van der Waals surface area contributed by atoms with Gasteiger partial charge in [0.2, 0.25) is 0 Å². The van der Waals surface area contributed by atoms with Gasteiger partial charge >= 0.3 is 0 Å². The van der Waals surface area contributed by atoms with Crippen LogP contribution < -0.4 is 5.32 Å². The normalized spacial score (nSPS) is 36.8. The molecular weight excluding hydrogens is 164 g/mol. The Labute approximate surface area is 77.1 Å². The van der Waals surface area contributed by atoms with Gasteiger partial charge in [-0.25, -0.2) is 0 Å². The molecule has 0 saturated carbocycles. The van der Waals surface area contributed by atoms with E-state index in [1.165, 1.54) is 6.42 Å². The van der Waals surface area contributed by atoms with Crippen LogP contribution in [0.5, 0.6) is 0 Å². The van der Waals surface area contributed by atoms with E-state index in [-0.39, 0.29) is 0 Å². The lowest BCUT2D eigenvalue weighted by Crippen LogP contribution is -2.30. The van der Waals surface area contributed by atoms with E-state index in [9.17, 15) is 0 Å². The van der Waals surface area contributed by atoms with Crippen molar-refractivity contribution in [2.45, 2.75) is 31.2 Å². The molecule has 0 radical (unpaired) electrons. The van der Waals surface area contributed by atoms with E-state index >= 15 is 0 Å². The van der Waals surface area contributed by atoms with Gasteiger partial charge in [-0.1, -0.05) is 6.07 Å². The predicted octanol–water partition coefficient (Wildman–Crippen LogP) is 1.23. The maximum atomic E-state index is 5.39. The lowest BCUT2D eigenvalue weighted by Gasteiger charge is -2.19. The number of piperidine rings is 1. The van der Waals surface area contributed by atoms with Gasteiger partial charge in [0.05, 0.1) is 17.8 Å². The summed E-state index contributed by atoms with van der Waals surface area (Å²) in [6.45, 7) is 0. The third-order valence-corrected chi connectivity index (χ3v) is 2.73. The van der Waals surface area contributed by atoms with Gasteiger partial charge in [0.1, 0.15) is 6.23 Å². The third kappa shape index (κ3) is 1.34. The van der Waals surface area contributed by atoms with E-state index in [2.05, 4.69) is 16.4 Å². The number of nitrogens with zero attached hydrogens (tertiary/aromatic N) is 1. The summed E-state index contributed by atoms with van der Waals surface area (Å²) in [4.78, 5) is 4.34. The first-order valence-corrected chi connectivity index (χ1v) is 4.76. The molecule has 1 aromatic heterocycles. The number of pyridine rings is 1. The summed E-state index contributed by atoms with van der Waals surface area (Å²) in [5.74, 6) is 0. The number of epoxide rings is 1. The topological polar surface area (TPSA) is 37.5 Å². The highest BCUT2D eigenvalue weighted by Crippen LogP contribution is 2.35. The minimum absolute atomic E-state index is 0.306. The van der Waals surface area contributed by atoms with Gasteiger partial charge < -0.3 is 4.74 Å². The van der Waals surface area contributed by atoms with Gasteiger partial charge in [-0.3, -0.25) is 10.3 Å². The maximum absolute atomic E-state index is 5.39. The van der Waals surface area contributed by atoms with Crippen molar-refractivity contribution in [3.63, 3.8) is 0 Å². The maximum Gasteiger partial charge on any atom is 0.135 e. The lowest BCUT2D eigenvalue weighted by molar-refractivity contribution is 0.346. The molecule has 2 fully saturated rings. The Morgan fingerprint density at radius 3 is 3.15 bits per heavy atom. The molecule has 13 heavy (non-hydrogen) atoms. The molecule has 3 atom stereocenters. The SMILES string of the molecule is c1ccc(C2CCC3OC3N2)nc1. The average Bonchev–Trinajstić information content (AvgIpc) is 2.96. The number of aromatic nitrogens is 1. The molecule has 0 aliphatic carbocycles. The van der Waals surface area contributed by atoms with Gasteiger partial charge in [-0.15, -0.1) is 0 Å². The third-order valence-electron chi connectivity index (χ3n) is 2.73. The van der Waals surface area contributed by atoms with Crippen LogP contribution >= 0.6 is 0 Å². The molecule has 2 aliphatic heterocycles. The molecular formula is C10H12N2O. The van der Waals surface area contributed by atoms with Crippen LogP contribution in [0.2, 0.25) is 0 Å². The van der Waals surface area contributed by atoms with E-state index in [0.29, 0.717) is 18.4 Å². The number of nitrogens with one attached hydrogen (secondary N) is 1. The first-order valence-electron chi connectivity index (χ1n) is 4.76. The summed E-state index contributed by atoms with van der Waals surface area (Å²) in [6.07, 6.45) is 4.94. The number of rotatable bonds is 1. The van der Waals surface area contributed by atoms with Crippen molar-refractivity contribution >= 4 is 0 Å². The van der Waals surface area contributed by atoms with E-state index in [4.69, 9.17) is 4.74 Å². The second-order valence-electron chi connectivity index (χ2n) is 3.65. The summed E-state index contributed by atoms with van der Waals surface area (Å²) in [5.41, 5.74) is 1.14. The Balaban J connectivity index is 1.78. The highest BCUT2D eigenvalue weighted by atomic mass is 16.6. The fourth-order valence-electron chi connectivity index (χ4n) is 1.94. The summed E-state index contributed by atoms with van der Waals surface area (Å²) >= 11 is 0. The van der Waals surface area contributed by atoms with Crippen LogP contribution in [-0.4, -0.2) is 17.3 Å². The highest BCUT2D eigenvalue weighted by molar-refractivity contribution is 5.11. The van der Waals surface area contributed by atoms with Crippen LogP contribution in [0.3, 0.4) is 0 Å². The predicted molar refractivity (Wildman–Crippen MR) is 48.0 cm³/mol. The largest absolute Gasteiger partial charge is 0.353 e. The van der Waals surface area contributed by atoms with Crippen molar-refractivity contribution in [2.75, 3.05) is 0 Å². The summed E-state index contributed by atoms with van der Waals surface area (Å²) in [6, 6.07) is 6.44. The Morgan fingerprint density at radius 1 is 1.38 bits per heavy atom. The monoisotopic (exact) mass is 176 g/mol. The first-order chi connectivity index (χ1) is 6.43. The molecule has 3 unspecified atom stereocenters. The van der Waals surface area contributed by atoms with E-state index in [1.807, 2.05) is 18.3 Å². The molecule has 0 amide bonds. The van der Waals surface area contributed by atoms with Gasteiger partial charge in [0.15, 0.2) is 0 Å². The van der Waals surface area contributed by atoms with Crippen molar-refractivity contribution in [1.82, 2.24) is 10.3 Å². The fraction of sp³-hybridized carbons (Fsp3) is 0.500. The number of fused-ring (bicyclic) bond motifs is 1. The molecule has 2 saturated heterocycles. The molecule has 3 heterocycles. The smallest absolute Gasteiger partial charge is 0.135 e. The van der Waals surface area contributed by atoms with Crippen LogP contribution in [0.4, 0.5) is 0 Å². The molecule has 0 aromatic carbocycles. The molecule has 68 valence electrons. The van der Waals surface area contributed by atoms with Crippen LogP contribution in [0.25, 0.3) is 0 Å². The Morgan fingerprint density at radius 2 is 2.38 bits per heavy atom.